The summed E-state index contributed by atoms with van der Waals surface area (Å²) in [7, 11) is 0. The fraction of sp³-hybridized carbons (Fsp3) is 0.571. The normalized spacial score (nSPS) is 19.8. The van der Waals surface area contributed by atoms with Gasteiger partial charge >= 0.3 is 0 Å². The lowest BCUT2D eigenvalue weighted by Crippen LogP contribution is -2.28. The Morgan fingerprint density at radius 3 is 2.56 bits per heavy atom. The van der Waals surface area contributed by atoms with E-state index in [4.69, 9.17) is 5.73 Å². The number of benzene rings is 1. The molecule has 0 amide bonds. The minimum absolute atomic E-state index is 0.794. The van der Waals surface area contributed by atoms with Gasteiger partial charge in [0, 0.05) is 24.0 Å². The average molecular weight is 216 g/mol. The van der Waals surface area contributed by atoms with E-state index in [-0.39, 0.29) is 0 Å². The van der Waals surface area contributed by atoms with Crippen molar-refractivity contribution in [3.05, 3.63) is 23.8 Å². The Labute approximate surface area is 97.4 Å². The standard InChI is InChI=1S/C14H20N2/c1-10-2-5-13(8-14(10)15)16(12-6-7-12)9-11-3-4-11/h2,5,8,11-12H,3-4,6-7,9,15H2,1H3. The molecule has 0 radical (unpaired) electrons. The SMILES string of the molecule is Cc1ccc(N(CC2CC2)C2CC2)cc1N. The van der Waals surface area contributed by atoms with Crippen LogP contribution in [0.4, 0.5) is 11.4 Å². The van der Waals surface area contributed by atoms with Gasteiger partial charge in [-0.25, -0.2) is 0 Å². The first-order valence-corrected chi connectivity index (χ1v) is 6.37. The van der Waals surface area contributed by atoms with E-state index < -0.39 is 0 Å². The molecule has 2 N–H and O–H groups in total. The molecule has 3 rings (SSSR count). The van der Waals surface area contributed by atoms with Crippen LogP contribution in [0.2, 0.25) is 0 Å². The zero-order valence-corrected chi connectivity index (χ0v) is 9.95. The average Bonchev–Trinajstić information content (AvgIpc) is 3.13. The Kier molecular flexibility index (Phi) is 2.31. The van der Waals surface area contributed by atoms with Gasteiger partial charge in [0.1, 0.15) is 0 Å². The maximum absolute atomic E-state index is 6.00. The lowest BCUT2D eigenvalue weighted by atomic mass is 10.1. The van der Waals surface area contributed by atoms with Gasteiger partial charge in [-0.2, -0.15) is 0 Å². The lowest BCUT2D eigenvalue weighted by Gasteiger charge is -2.25. The van der Waals surface area contributed by atoms with Crippen LogP contribution in [0.1, 0.15) is 31.2 Å². The van der Waals surface area contributed by atoms with Gasteiger partial charge in [-0.05, 0) is 56.2 Å². The van der Waals surface area contributed by atoms with E-state index in [0.717, 1.165) is 17.6 Å². The van der Waals surface area contributed by atoms with E-state index in [9.17, 15) is 0 Å². The molecule has 2 saturated carbocycles. The number of hydrogen-bond acceptors (Lipinski definition) is 2. The second-order valence-corrected chi connectivity index (χ2v) is 5.37. The molecule has 0 aliphatic heterocycles. The largest absolute Gasteiger partial charge is 0.398 e. The maximum Gasteiger partial charge on any atom is 0.0389 e. The Bertz CT molecular complexity index is 392. The van der Waals surface area contributed by atoms with Gasteiger partial charge < -0.3 is 10.6 Å². The van der Waals surface area contributed by atoms with Crippen LogP contribution in [0.15, 0.2) is 18.2 Å². The quantitative estimate of drug-likeness (QED) is 0.784. The van der Waals surface area contributed by atoms with Crippen molar-refractivity contribution in [1.29, 1.82) is 0 Å². The van der Waals surface area contributed by atoms with Crippen LogP contribution in [0, 0.1) is 12.8 Å². The summed E-state index contributed by atoms with van der Waals surface area (Å²) in [5.41, 5.74) is 9.45. The third kappa shape index (κ3) is 2.01. The van der Waals surface area contributed by atoms with Crippen molar-refractivity contribution in [3.8, 4) is 0 Å². The molecule has 2 aliphatic rings. The molecule has 0 saturated heterocycles. The summed E-state index contributed by atoms with van der Waals surface area (Å²) in [6, 6.07) is 7.32. The van der Waals surface area contributed by atoms with Crippen LogP contribution in [0.3, 0.4) is 0 Å². The molecule has 1 aromatic rings. The van der Waals surface area contributed by atoms with Crippen LogP contribution in [-0.2, 0) is 0 Å². The number of nitrogens with two attached hydrogens (primary N) is 1. The summed E-state index contributed by atoms with van der Waals surface area (Å²) in [6.45, 7) is 3.31. The minimum Gasteiger partial charge on any atom is -0.398 e. The fourth-order valence-electron chi connectivity index (χ4n) is 2.24. The number of nitrogen functional groups attached to an aromatic ring is 1. The second-order valence-electron chi connectivity index (χ2n) is 5.37. The summed E-state index contributed by atoms with van der Waals surface area (Å²) in [5, 5.41) is 0. The Hall–Kier alpha value is -1.18. The number of anilines is 2. The van der Waals surface area contributed by atoms with Gasteiger partial charge in [0.2, 0.25) is 0 Å². The number of rotatable bonds is 4. The molecule has 0 atom stereocenters. The van der Waals surface area contributed by atoms with Gasteiger partial charge in [-0.15, -0.1) is 0 Å². The molecule has 2 heteroatoms. The zero-order valence-electron chi connectivity index (χ0n) is 9.95. The number of nitrogens with zero attached hydrogens (tertiary/aromatic N) is 1. The fourth-order valence-corrected chi connectivity index (χ4v) is 2.24. The number of hydrogen-bond donors (Lipinski definition) is 1. The van der Waals surface area contributed by atoms with Gasteiger partial charge in [-0.3, -0.25) is 0 Å². The van der Waals surface area contributed by atoms with E-state index in [2.05, 4.69) is 30.0 Å². The molecule has 16 heavy (non-hydrogen) atoms. The predicted octanol–water partition coefficient (Wildman–Crippen LogP) is 2.96. The summed E-state index contributed by atoms with van der Waals surface area (Å²) in [6.07, 6.45) is 5.57. The van der Waals surface area contributed by atoms with Crippen molar-refractivity contribution in [2.24, 2.45) is 5.92 Å². The molecule has 86 valence electrons. The molecule has 2 aliphatic carbocycles. The van der Waals surface area contributed by atoms with Crippen molar-refractivity contribution >= 4 is 11.4 Å². The highest BCUT2D eigenvalue weighted by Gasteiger charge is 2.33. The van der Waals surface area contributed by atoms with Gasteiger partial charge in [0.25, 0.3) is 0 Å². The van der Waals surface area contributed by atoms with Crippen LogP contribution < -0.4 is 10.6 Å². The van der Waals surface area contributed by atoms with E-state index in [1.165, 1.54) is 43.5 Å². The molecule has 0 heterocycles. The van der Waals surface area contributed by atoms with Crippen LogP contribution in [0.5, 0.6) is 0 Å². The van der Waals surface area contributed by atoms with Crippen LogP contribution in [0.25, 0.3) is 0 Å². The van der Waals surface area contributed by atoms with E-state index in [0.29, 0.717) is 0 Å². The lowest BCUT2D eigenvalue weighted by molar-refractivity contribution is 0.719. The van der Waals surface area contributed by atoms with Crippen molar-refractivity contribution in [1.82, 2.24) is 0 Å². The highest BCUT2D eigenvalue weighted by molar-refractivity contribution is 5.60. The summed E-state index contributed by atoms with van der Waals surface area (Å²) >= 11 is 0. The van der Waals surface area contributed by atoms with Crippen molar-refractivity contribution in [2.75, 3.05) is 17.2 Å². The van der Waals surface area contributed by atoms with Crippen molar-refractivity contribution in [2.45, 2.75) is 38.6 Å². The van der Waals surface area contributed by atoms with Gasteiger partial charge in [-0.1, -0.05) is 6.07 Å². The summed E-state index contributed by atoms with van der Waals surface area (Å²) in [5.74, 6) is 0.947. The Morgan fingerprint density at radius 1 is 1.25 bits per heavy atom. The first kappa shape index (κ1) is 10.0. The van der Waals surface area contributed by atoms with E-state index >= 15 is 0 Å². The summed E-state index contributed by atoms with van der Waals surface area (Å²) in [4.78, 5) is 2.58. The zero-order chi connectivity index (χ0) is 11.1. The molecule has 0 aromatic heterocycles. The molecule has 0 bridgehead atoms. The van der Waals surface area contributed by atoms with Crippen LogP contribution in [-0.4, -0.2) is 12.6 Å². The molecule has 0 unspecified atom stereocenters. The molecular weight excluding hydrogens is 196 g/mol. The maximum atomic E-state index is 6.00. The van der Waals surface area contributed by atoms with E-state index in [1.807, 2.05) is 0 Å². The van der Waals surface area contributed by atoms with Gasteiger partial charge in [0.05, 0.1) is 0 Å². The third-order valence-corrected chi connectivity index (χ3v) is 3.73. The number of aryl methyl sites for hydroxylation is 1. The smallest absolute Gasteiger partial charge is 0.0389 e. The van der Waals surface area contributed by atoms with Gasteiger partial charge in [0.15, 0.2) is 0 Å². The van der Waals surface area contributed by atoms with Crippen molar-refractivity contribution in [3.63, 3.8) is 0 Å². The molecule has 2 nitrogen and oxygen atoms in total. The predicted molar refractivity (Wildman–Crippen MR) is 68.7 cm³/mol. The Balaban J connectivity index is 1.82. The third-order valence-electron chi connectivity index (χ3n) is 3.73. The Morgan fingerprint density at radius 2 is 2.00 bits per heavy atom. The highest BCUT2D eigenvalue weighted by Crippen LogP contribution is 2.38. The highest BCUT2D eigenvalue weighted by atomic mass is 15.2. The van der Waals surface area contributed by atoms with E-state index in [1.54, 1.807) is 0 Å². The monoisotopic (exact) mass is 216 g/mol. The van der Waals surface area contributed by atoms with Crippen molar-refractivity contribution < 1.29 is 0 Å². The first-order valence-electron chi connectivity index (χ1n) is 6.37. The molecular formula is C14H20N2. The second kappa shape index (κ2) is 3.69. The van der Waals surface area contributed by atoms with Crippen LogP contribution >= 0.6 is 0 Å². The summed E-state index contributed by atoms with van der Waals surface area (Å²) < 4.78 is 0. The first-order chi connectivity index (χ1) is 7.74. The molecule has 1 aromatic carbocycles. The molecule has 2 fully saturated rings. The molecule has 0 spiro atoms. The minimum atomic E-state index is 0.794. The topological polar surface area (TPSA) is 29.3 Å².